The molecule has 12 heteroatoms. The number of rotatable bonds is 7. The van der Waals surface area contributed by atoms with Gasteiger partial charge >= 0.3 is 5.97 Å². The number of nitrogens with one attached hydrogen (secondary N) is 1. The number of amides is 1. The second-order valence-electron chi connectivity index (χ2n) is 8.69. The summed E-state index contributed by atoms with van der Waals surface area (Å²) in [6.07, 6.45) is 0.636. The van der Waals surface area contributed by atoms with E-state index >= 15 is 0 Å². The van der Waals surface area contributed by atoms with E-state index in [1.807, 2.05) is 14.0 Å². The Hall–Kier alpha value is -2.63. The van der Waals surface area contributed by atoms with Crippen molar-refractivity contribution < 1.29 is 22.7 Å². The van der Waals surface area contributed by atoms with E-state index in [0.717, 1.165) is 26.9 Å². The zero-order valence-corrected chi connectivity index (χ0v) is 23.5. The number of anilines is 2. The van der Waals surface area contributed by atoms with Gasteiger partial charge < -0.3 is 15.0 Å². The van der Waals surface area contributed by atoms with E-state index in [9.17, 15) is 18.0 Å². The van der Waals surface area contributed by atoms with Crippen molar-refractivity contribution in [2.75, 3.05) is 36.9 Å². The smallest absolute Gasteiger partial charge is 0.341 e. The number of hydrogen-bond donors (Lipinski definition) is 1. The van der Waals surface area contributed by atoms with Gasteiger partial charge in [0, 0.05) is 28.0 Å². The first kappa shape index (κ1) is 27.4. The minimum absolute atomic E-state index is 0.00636. The van der Waals surface area contributed by atoms with Crippen molar-refractivity contribution in [3.63, 3.8) is 0 Å². The molecule has 0 unspecified atom stereocenters. The second kappa shape index (κ2) is 11.0. The van der Waals surface area contributed by atoms with E-state index in [0.29, 0.717) is 23.5 Å². The van der Waals surface area contributed by atoms with Gasteiger partial charge in [0.1, 0.15) is 11.5 Å². The van der Waals surface area contributed by atoms with Crippen molar-refractivity contribution in [1.29, 1.82) is 0 Å². The van der Waals surface area contributed by atoms with Gasteiger partial charge in [-0.05, 0) is 56.3 Å². The van der Waals surface area contributed by atoms with Crippen molar-refractivity contribution in [1.82, 2.24) is 4.90 Å². The SMILES string of the molecule is COC(=O)c1c(NC(=O)CN(c2cc(Cl)cc(Cl)c2)S(=O)(=O)c2ccc(C)cc2)sc2c1CCN(C)C2. The normalized spacial score (nSPS) is 13.6. The number of ether oxygens (including phenoxy) is 1. The fourth-order valence-corrected chi connectivity index (χ4v) is 7.32. The molecule has 0 aliphatic carbocycles. The van der Waals surface area contributed by atoms with Crippen LogP contribution in [0.2, 0.25) is 10.0 Å². The average Bonchev–Trinajstić information content (AvgIpc) is 3.18. The van der Waals surface area contributed by atoms with Crippen molar-refractivity contribution in [2.24, 2.45) is 0 Å². The summed E-state index contributed by atoms with van der Waals surface area (Å²) in [5.74, 6) is -1.19. The van der Waals surface area contributed by atoms with Gasteiger partial charge in [-0.15, -0.1) is 11.3 Å². The topological polar surface area (TPSA) is 96.0 Å². The highest BCUT2D eigenvalue weighted by Crippen LogP contribution is 2.37. The molecule has 0 spiro atoms. The number of methoxy groups -OCH3 is 1. The maximum Gasteiger partial charge on any atom is 0.341 e. The Morgan fingerprint density at radius 1 is 1.14 bits per heavy atom. The number of benzene rings is 2. The molecule has 2 heterocycles. The number of aryl methyl sites for hydroxylation is 1. The molecule has 1 N–H and O–H groups in total. The number of esters is 1. The summed E-state index contributed by atoms with van der Waals surface area (Å²) in [5.41, 5.74) is 2.17. The second-order valence-corrected chi connectivity index (χ2v) is 12.5. The number of thiophene rings is 1. The zero-order valence-electron chi connectivity index (χ0n) is 20.4. The van der Waals surface area contributed by atoms with Crippen LogP contribution in [-0.4, -0.2) is 52.4 Å². The van der Waals surface area contributed by atoms with E-state index < -0.39 is 28.4 Å². The Morgan fingerprint density at radius 2 is 1.78 bits per heavy atom. The molecule has 3 aromatic rings. The molecule has 8 nitrogen and oxygen atoms in total. The number of fused-ring (bicyclic) bond motifs is 1. The lowest BCUT2D eigenvalue weighted by Gasteiger charge is -2.24. The molecule has 0 atom stereocenters. The number of carbonyl (C=O) groups is 2. The van der Waals surface area contributed by atoms with Gasteiger partial charge in [0.2, 0.25) is 5.91 Å². The van der Waals surface area contributed by atoms with E-state index in [-0.39, 0.29) is 20.6 Å². The molecule has 0 fully saturated rings. The lowest BCUT2D eigenvalue weighted by Crippen LogP contribution is -2.38. The van der Waals surface area contributed by atoms with Gasteiger partial charge in [-0.3, -0.25) is 9.10 Å². The van der Waals surface area contributed by atoms with Crippen molar-refractivity contribution in [3.05, 3.63) is 74.1 Å². The zero-order chi connectivity index (χ0) is 26.9. The summed E-state index contributed by atoms with van der Waals surface area (Å²) in [6, 6.07) is 10.6. The van der Waals surface area contributed by atoms with Gasteiger partial charge in [0.15, 0.2) is 0 Å². The molecular weight excluding hydrogens is 557 g/mol. The van der Waals surface area contributed by atoms with Crippen LogP contribution in [-0.2, 0) is 32.5 Å². The predicted molar refractivity (Wildman–Crippen MR) is 146 cm³/mol. The largest absolute Gasteiger partial charge is 0.465 e. The fourth-order valence-electron chi connectivity index (χ4n) is 4.07. The number of nitrogens with zero attached hydrogens (tertiary/aromatic N) is 2. The lowest BCUT2D eigenvalue weighted by atomic mass is 10.0. The fraction of sp³-hybridized carbons (Fsp3) is 0.280. The molecule has 0 radical (unpaired) electrons. The number of halogens is 2. The van der Waals surface area contributed by atoms with Gasteiger partial charge in [0.25, 0.3) is 10.0 Å². The van der Waals surface area contributed by atoms with Crippen LogP contribution in [0.5, 0.6) is 0 Å². The number of likely N-dealkylation sites (N-methyl/N-ethyl adjacent to an activating group) is 1. The molecule has 0 saturated heterocycles. The van der Waals surface area contributed by atoms with E-state index in [1.165, 1.54) is 48.8 Å². The molecular formula is C25H25Cl2N3O5S2. The van der Waals surface area contributed by atoms with Crippen LogP contribution in [0.4, 0.5) is 10.7 Å². The van der Waals surface area contributed by atoms with Crippen molar-refractivity contribution in [3.8, 4) is 0 Å². The molecule has 2 aromatic carbocycles. The molecule has 1 aromatic heterocycles. The highest BCUT2D eigenvalue weighted by molar-refractivity contribution is 7.92. The molecule has 1 aliphatic rings. The number of hydrogen-bond acceptors (Lipinski definition) is 7. The van der Waals surface area contributed by atoms with Crippen LogP contribution in [0.15, 0.2) is 47.4 Å². The van der Waals surface area contributed by atoms with E-state index in [1.54, 1.807) is 12.1 Å². The van der Waals surface area contributed by atoms with Crippen LogP contribution in [0.3, 0.4) is 0 Å². The third-order valence-electron chi connectivity index (χ3n) is 5.92. The first-order valence-corrected chi connectivity index (χ1v) is 14.3. The number of sulfonamides is 1. The van der Waals surface area contributed by atoms with Crippen LogP contribution < -0.4 is 9.62 Å². The highest BCUT2D eigenvalue weighted by Gasteiger charge is 2.31. The highest BCUT2D eigenvalue weighted by atomic mass is 35.5. The van der Waals surface area contributed by atoms with Crippen molar-refractivity contribution in [2.45, 2.75) is 24.8 Å². The molecule has 4 rings (SSSR count). The first-order chi connectivity index (χ1) is 17.5. The minimum atomic E-state index is -4.17. The quantitative estimate of drug-likeness (QED) is 0.396. The Kier molecular flexibility index (Phi) is 8.15. The maximum atomic E-state index is 13.7. The molecule has 0 bridgehead atoms. The first-order valence-electron chi connectivity index (χ1n) is 11.3. The lowest BCUT2D eigenvalue weighted by molar-refractivity contribution is -0.114. The summed E-state index contributed by atoms with van der Waals surface area (Å²) in [5, 5.41) is 3.51. The molecule has 1 aliphatic heterocycles. The number of carbonyl (C=O) groups excluding carboxylic acids is 2. The van der Waals surface area contributed by atoms with E-state index in [2.05, 4.69) is 10.2 Å². The third kappa shape index (κ3) is 5.94. The summed E-state index contributed by atoms with van der Waals surface area (Å²) >= 11 is 13.6. The predicted octanol–water partition coefficient (Wildman–Crippen LogP) is 4.97. The Morgan fingerprint density at radius 3 is 2.41 bits per heavy atom. The molecule has 196 valence electrons. The standard InChI is InChI=1S/C25H25Cl2N3O5S2/c1-15-4-6-19(7-5-15)37(33,34)30(18-11-16(26)10-17(27)12-18)14-22(31)28-24-23(25(32)35-3)20-8-9-29(2)13-21(20)36-24/h4-7,10-12H,8-9,13-14H2,1-3H3,(H,28,31). The van der Waals surface area contributed by atoms with Crippen LogP contribution in [0, 0.1) is 6.92 Å². The summed E-state index contributed by atoms with van der Waals surface area (Å²) in [4.78, 5) is 29.0. The van der Waals surface area contributed by atoms with Crippen molar-refractivity contribution >= 4 is 67.1 Å². The van der Waals surface area contributed by atoms with Crippen LogP contribution in [0.25, 0.3) is 0 Å². The Labute approximate surface area is 229 Å². The van der Waals surface area contributed by atoms with Crippen LogP contribution >= 0.6 is 34.5 Å². The monoisotopic (exact) mass is 581 g/mol. The Balaban J connectivity index is 1.71. The minimum Gasteiger partial charge on any atom is -0.465 e. The molecule has 0 saturated carbocycles. The Bertz CT molecular complexity index is 1440. The maximum absolute atomic E-state index is 13.7. The van der Waals surface area contributed by atoms with Crippen LogP contribution in [0.1, 0.15) is 26.4 Å². The van der Waals surface area contributed by atoms with Gasteiger partial charge in [-0.25, -0.2) is 13.2 Å². The summed E-state index contributed by atoms with van der Waals surface area (Å²) in [7, 11) is -0.914. The molecule has 37 heavy (non-hydrogen) atoms. The van der Waals surface area contributed by atoms with Gasteiger partial charge in [-0.1, -0.05) is 40.9 Å². The van der Waals surface area contributed by atoms with Gasteiger partial charge in [0.05, 0.1) is 23.3 Å². The molecule has 1 amide bonds. The third-order valence-corrected chi connectivity index (χ3v) is 9.28. The summed E-state index contributed by atoms with van der Waals surface area (Å²) < 4.78 is 33.2. The summed E-state index contributed by atoms with van der Waals surface area (Å²) in [6.45, 7) is 2.67. The van der Waals surface area contributed by atoms with Gasteiger partial charge in [-0.2, -0.15) is 0 Å². The van der Waals surface area contributed by atoms with E-state index in [4.69, 9.17) is 27.9 Å². The average molecular weight is 583 g/mol.